The molecule has 0 spiro atoms. The third kappa shape index (κ3) is 6.83. The Hall–Kier alpha value is -2.82. The molecule has 0 bridgehead atoms. The highest BCUT2D eigenvalue weighted by Crippen LogP contribution is 2.36. The summed E-state index contributed by atoms with van der Waals surface area (Å²) < 4.78 is 61.8. The average molecular weight is 474 g/mol. The van der Waals surface area contributed by atoms with Gasteiger partial charge in [0, 0.05) is 26.0 Å². The summed E-state index contributed by atoms with van der Waals surface area (Å²) >= 11 is 0. The van der Waals surface area contributed by atoms with Crippen molar-refractivity contribution in [2.75, 3.05) is 41.6 Å². The molecule has 1 fully saturated rings. The molecule has 0 amide bonds. The van der Waals surface area contributed by atoms with Crippen LogP contribution in [0.1, 0.15) is 30.7 Å². The molecule has 1 aromatic rings. The number of ether oxygens (including phenoxy) is 4. The van der Waals surface area contributed by atoms with Gasteiger partial charge in [-0.25, -0.2) is 0 Å². The predicted octanol–water partition coefficient (Wildman–Crippen LogP) is 3.16. The molecule has 1 saturated heterocycles. The molecule has 8 nitrogen and oxygen atoms in total. The Morgan fingerprint density at radius 3 is 2.18 bits per heavy atom. The normalized spacial score (nSPS) is 17.8. The van der Waals surface area contributed by atoms with Gasteiger partial charge in [-0.1, -0.05) is 12.1 Å². The maximum Gasteiger partial charge on any atom is 0.431 e. The lowest BCUT2D eigenvalue weighted by Gasteiger charge is -2.27. The molecule has 2 atom stereocenters. The first kappa shape index (κ1) is 26.4. The number of hydrogen-bond acceptors (Lipinski definition) is 8. The Labute approximate surface area is 190 Å². The maximum absolute atomic E-state index is 14.1. The number of methoxy groups -OCH3 is 4. The van der Waals surface area contributed by atoms with Crippen molar-refractivity contribution >= 4 is 17.7 Å². The van der Waals surface area contributed by atoms with Crippen LogP contribution < -0.4 is 4.74 Å². The quantitative estimate of drug-likeness (QED) is 0.293. The second-order valence-corrected chi connectivity index (χ2v) is 7.57. The molecule has 11 heteroatoms. The van der Waals surface area contributed by atoms with E-state index in [4.69, 9.17) is 18.9 Å². The Kier molecular flexibility index (Phi) is 9.51. The largest absolute Gasteiger partial charge is 0.497 e. The van der Waals surface area contributed by atoms with Gasteiger partial charge in [-0.05, 0) is 30.5 Å². The van der Waals surface area contributed by atoms with Crippen molar-refractivity contribution in [2.24, 2.45) is 11.0 Å². The number of rotatable bonds is 10. The molecule has 184 valence electrons. The number of nitrogens with zero attached hydrogens (tertiary/aromatic N) is 2. The molecule has 0 saturated carbocycles. The van der Waals surface area contributed by atoms with Gasteiger partial charge in [-0.15, -0.1) is 0 Å². The van der Waals surface area contributed by atoms with Gasteiger partial charge in [0.1, 0.15) is 11.5 Å². The first-order valence-corrected chi connectivity index (χ1v) is 10.4. The Morgan fingerprint density at radius 2 is 1.70 bits per heavy atom. The number of esters is 2. The fraction of sp³-hybridized carbons (Fsp3) is 0.591. The zero-order valence-electron chi connectivity index (χ0n) is 19.1. The minimum Gasteiger partial charge on any atom is -0.497 e. The summed E-state index contributed by atoms with van der Waals surface area (Å²) in [5.41, 5.74) is -0.799. The highest BCUT2D eigenvalue weighted by atomic mass is 19.4. The molecule has 2 rings (SSSR count). The lowest BCUT2D eigenvalue weighted by molar-refractivity contribution is -0.160. The summed E-state index contributed by atoms with van der Waals surface area (Å²) in [4.78, 5) is 24.9. The van der Waals surface area contributed by atoms with Crippen LogP contribution in [0.15, 0.2) is 29.4 Å². The van der Waals surface area contributed by atoms with E-state index in [1.165, 1.54) is 43.5 Å². The van der Waals surface area contributed by atoms with Gasteiger partial charge in [0.05, 0.1) is 34.0 Å². The van der Waals surface area contributed by atoms with Crippen LogP contribution >= 0.6 is 0 Å². The highest BCUT2D eigenvalue weighted by molar-refractivity contribution is 5.98. The molecule has 1 aliphatic heterocycles. The van der Waals surface area contributed by atoms with E-state index in [1.54, 1.807) is 0 Å². The minimum absolute atomic E-state index is 0.240. The maximum atomic E-state index is 14.1. The minimum atomic E-state index is -4.79. The second kappa shape index (κ2) is 11.9. The summed E-state index contributed by atoms with van der Waals surface area (Å²) in [6.07, 6.45) is -4.20. The van der Waals surface area contributed by atoms with Crippen molar-refractivity contribution in [3.63, 3.8) is 0 Å². The molecule has 33 heavy (non-hydrogen) atoms. The molecule has 0 radical (unpaired) electrons. The Balaban J connectivity index is 2.53. The van der Waals surface area contributed by atoms with E-state index in [-0.39, 0.29) is 12.6 Å². The van der Waals surface area contributed by atoms with Gasteiger partial charge in [0.2, 0.25) is 0 Å². The number of hydrazone groups is 1. The SMILES string of the molecule is COC[C@@H]1CCCN1/N=C(/C[C@H](c1ccc(OC)cc1)C(C(=O)OC)C(=O)OC)C(F)(F)F. The van der Waals surface area contributed by atoms with Crippen molar-refractivity contribution in [1.82, 2.24) is 5.01 Å². The van der Waals surface area contributed by atoms with Gasteiger partial charge in [0.15, 0.2) is 5.92 Å². The smallest absolute Gasteiger partial charge is 0.431 e. The van der Waals surface area contributed by atoms with Crippen molar-refractivity contribution in [2.45, 2.75) is 37.4 Å². The predicted molar refractivity (Wildman–Crippen MR) is 113 cm³/mol. The molecule has 0 N–H and O–H groups in total. The summed E-state index contributed by atoms with van der Waals surface area (Å²) in [5.74, 6) is -4.38. The van der Waals surface area contributed by atoms with Crippen LogP contribution in [0, 0.1) is 5.92 Å². The van der Waals surface area contributed by atoms with Crippen molar-refractivity contribution in [1.29, 1.82) is 0 Å². The van der Waals surface area contributed by atoms with Crippen LogP contribution in [-0.2, 0) is 23.8 Å². The molecule has 1 aliphatic rings. The molecule has 0 aromatic heterocycles. The number of carbonyl (C=O) groups excluding carboxylic acids is 2. The third-order valence-electron chi connectivity index (χ3n) is 5.55. The van der Waals surface area contributed by atoms with E-state index in [0.717, 1.165) is 14.2 Å². The molecule has 1 heterocycles. The summed E-state index contributed by atoms with van der Waals surface area (Å²) in [7, 11) is 5.03. The van der Waals surface area contributed by atoms with Crippen LogP contribution in [-0.4, -0.2) is 76.5 Å². The fourth-order valence-corrected chi connectivity index (χ4v) is 3.85. The highest BCUT2D eigenvalue weighted by Gasteiger charge is 2.44. The first-order valence-electron chi connectivity index (χ1n) is 10.4. The Bertz CT molecular complexity index is 812. The van der Waals surface area contributed by atoms with E-state index in [9.17, 15) is 22.8 Å². The van der Waals surface area contributed by atoms with E-state index in [1.807, 2.05) is 0 Å². The van der Waals surface area contributed by atoms with Gasteiger partial charge < -0.3 is 18.9 Å². The van der Waals surface area contributed by atoms with Gasteiger partial charge in [0.25, 0.3) is 0 Å². The summed E-state index contributed by atoms with van der Waals surface area (Å²) in [6.45, 7) is 0.585. The summed E-state index contributed by atoms with van der Waals surface area (Å²) in [6, 6.07) is 5.78. The zero-order chi connectivity index (χ0) is 24.6. The molecular weight excluding hydrogens is 445 g/mol. The van der Waals surface area contributed by atoms with E-state index in [2.05, 4.69) is 5.10 Å². The lowest BCUT2D eigenvalue weighted by atomic mass is 9.81. The number of carbonyl (C=O) groups is 2. The van der Waals surface area contributed by atoms with Gasteiger partial charge in [-0.3, -0.25) is 14.6 Å². The molecule has 0 unspecified atom stereocenters. The number of benzene rings is 1. The standard InChI is InChI=1S/C22H29F3N2O6/c1-30-13-15-6-5-11-27(15)26-18(22(23,24)25)12-17(14-7-9-16(31-2)10-8-14)19(20(28)32-3)21(29)33-4/h7-10,15,17,19H,5-6,11-13H2,1-4H3/b26-18-/t15-,17+/m0/s1. The molecule has 0 aliphatic carbocycles. The average Bonchev–Trinajstić information content (AvgIpc) is 3.23. The van der Waals surface area contributed by atoms with E-state index >= 15 is 0 Å². The second-order valence-electron chi connectivity index (χ2n) is 7.57. The van der Waals surface area contributed by atoms with Crippen LogP contribution in [0.4, 0.5) is 13.2 Å². The van der Waals surface area contributed by atoms with Crippen LogP contribution in [0.5, 0.6) is 5.75 Å². The first-order chi connectivity index (χ1) is 15.7. The van der Waals surface area contributed by atoms with Crippen molar-refractivity contribution < 1.29 is 41.7 Å². The topological polar surface area (TPSA) is 86.7 Å². The summed E-state index contributed by atoms with van der Waals surface area (Å²) in [5, 5.41) is 5.28. The van der Waals surface area contributed by atoms with E-state index < -0.39 is 42.1 Å². The fourth-order valence-electron chi connectivity index (χ4n) is 3.85. The number of hydrogen-bond donors (Lipinski definition) is 0. The third-order valence-corrected chi connectivity index (χ3v) is 5.55. The zero-order valence-corrected chi connectivity index (χ0v) is 19.1. The van der Waals surface area contributed by atoms with Gasteiger partial charge in [-0.2, -0.15) is 18.3 Å². The monoisotopic (exact) mass is 474 g/mol. The van der Waals surface area contributed by atoms with Crippen LogP contribution in [0.2, 0.25) is 0 Å². The Morgan fingerprint density at radius 1 is 1.09 bits per heavy atom. The molecule has 1 aromatic carbocycles. The van der Waals surface area contributed by atoms with Gasteiger partial charge >= 0.3 is 18.1 Å². The van der Waals surface area contributed by atoms with E-state index in [0.29, 0.717) is 30.7 Å². The number of alkyl halides is 3. The van der Waals surface area contributed by atoms with Crippen LogP contribution in [0.3, 0.4) is 0 Å². The van der Waals surface area contributed by atoms with Crippen molar-refractivity contribution in [3.8, 4) is 5.75 Å². The lowest BCUT2D eigenvalue weighted by Crippen LogP contribution is -2.37. The van der Waals surface area contributed by atoms with Crippen LogP contribution in [0.25, 0.3) is 0 Å². The number of halogens is 3. The van der Waals surface area contributed by atoms with Crippen molar-refractivity contribution in [3.05, 3.63) is 29.8 Å². The molecular formula is C22H29F3N2O6.